The van der Waals surface area contributed by atoms with Crippen LogP contribution in [0.25, 0.3) is 10.8 Å². The summed E-state index contributed by atoms with van der Waals surface area (Å²) < 4.78 is 0. The number of hydrogen-bond donors (Lipinski definition) is 3. The molecule has 0 aromatic heterocycles. The van der Waals surface area contributed by atoms with E-state index in [0.717, 1.165) is 16.5 Å². The summed E-state index contributed by atoms with van der Waals surface area (Å²) in [7, 11) is 3.34. The minimum Gasteiger partial charge on any atom is -0.357 e. The van der Waals surface area contributed by atoms with E-state index >= 15 is 0 Å². The maximum Gasteiger partial charge on any atom is 0.242 e. The van der Waals surface area contributed by atoms with Gasteiger partial charge >= 0.3 is 0 Å². The molecule has 0 radical (unpaired) electrons. The highest BCUT2D eigenvalue weighted by atomic mass is 16.2. The number of amides is 2. The highest BCUT2D eigenvalue weighted by Crippen LogP contribution is 2.17. The molecule has 3 aromatic carbocycles. The summed E-state index contributed by atoms with van der Waals surface area (Å²) in [5.74, 6) is -0.395. The highest BCUT2D eigenvalue weighted by molar-refractivity contribution is 5.90. The first-order valence-corrected chi connectivity index (χ1v) is 9.81. The van der Waals surface area contributed by atoms with Crippen molar-refractivity contribution >= 4 is 22.6 Å². The van der Waals surface area contributed by atoms with Crippen LogP contribution in [-0.4, -0.2) is 38.0 Å². The average Bonchev–Trinajstić information content (AvgIpc) is 2.76. The van der Waals surface area contributed by atoms with Crippen molar-refractivity contribution in [3.05, 3.63) is 83.9 Å². The number of fused-ring (bicyclic) bond motifs is 1. The van der Waals surface area contributed by atoms with E-state index in [4.69, 9.17) is 0 Å². The van der Waals surface area contributed by atoms with Crippen LogP contribution in [0.5, 0.6) is 0 Å². The second-order valence-corrected chi connectivity index (χ2v) is 7.09. The summed E-state index contributed by atoms with van der Waals surface area (Å²) in [5, 5.41) is 11.0. The molecule has 5 heteroatoms. The van der Waals surface area contributed by atoms with Crippen molar-refractivity contribution in [2.45, 2.75) is 24.9 Å². The number of nitrogens with one attached hydrogen (secondary N) is 3. The molecule has 0 aliphatic carbocycles. The Bertz CT molecular complexity index is 972. The zero-order chi connectivity index (χ0) is 20.6. The number of hydrogen-bond acceptors (Lipinski definition) is 3. The van der Waals surface area contributed by atoms with Gasteiger partial charge in [0.1, 0.15) is 6.04 Å². The fourth-order valence-corrected chi connectivity index (χ4v) is 3.43. The minimum absolute atomic E-state index is 0.190. The van der Waals surface area contributed by atoms with Gasteiger partial charge in [0.05, 0.1) is 6.04 Å². The normalized spacial score (nSPS) is 12.9. The second-order valence-electron chi connectivity index (χ2n) is 7.09. The van der Waals surface area contributed by atoms with Crippen LogP contribution in [-0.2, 0) is 22.4 Å². The summed E-state index contributed by atoms with van der Waals surface area (Å²) in [6, 6.07) is 23.0. The molecule has 0 aliphatic rings. The van der Waals surface area contributed by atoms with E-state index in [-0.39, 0.29) is 11.8 Å². The van der Waals surface area contributed by atoms with Crippen molar-refractivity contribution in [3.8, 4) is 0 Å². The second kappa shape index (κ2) is 9.85. The first-order valence-electron chi connectivity index (χ1n) is 9.81. The van der Waals surface area contributed by atoms with Crippen molar-refractivity contribution in [1.29, 1.82) is 0 Å². The zero-order valence-electron chi connectivity index (χ0n) is 16.8. The van der Waals surface area contributed by atoms with E-state index in [1.54, 1.807) is 14.1 Å². The predicted molar refractivity (Wildman–Crippen MR) is 117 cm³/mol. The Morgan fingerprint density at radius 3 is 2.07 bits per heavy atom. The lowest BCUT2D eigenvalue weighted by Crippen LogP contribution is -2.53. The molecule has 29 heavy (non-hydrogen) atoms. The fraction of sp³-hybridized carbons (Fsp3) is 0.250. The third kappa shape index (κ3) is 5.42. The Hall–Kier alpha value is -3.18. The molecule has 0 heterocycles. The van der Waals surface area contributed by atoms with Crippen LogP contribution in [0.4, 0.5) is 0 Å². The average molecular weight is 389 g/mol. The predicted octanol–water partition coefficient (Wildman–Crippen LogP) is 2.44. The van der Waals surface area contributed by atoms with Gasteiger partial charge < -0.3 is 16.0 Å². The van der Waals surface area contributed by atoms with E-state index in [1.165, 1.54) is 5.39 Å². The molecule has 0 saturated heterocycles. The van der Waals surface area contributed by atoms with Gasteiger partial charge in [0.25, 0.3) is 0 Å². The summed E-state index contributed by atoms with van der Waals surface area (Å²) in [6.07, 6.45) is 0.984. The standard InChI is InChI=1S/C24H27N3O2/c1-25-21(16-18-12-13-19-10-6-7-11-20(19)14-18)24(29)27-22(23(28)26-2)15-17-8-4-3-5-9-17/h3-14,21-22,25H,15-16H2,1-2H3,(H,26,28)(H,27,29)/t21?,22-/m1/s1. The van der Waals surface area contributed by atoms with Crippen LogP contribution >= 0.6 is 0 Å². The fourth-order valence-electron chi connectivity index (χ4n) is 3.43. The Morgan fingerprint density at radius 1 is 0.724 bits per heavy atom. The Kier molecular flexibility index (Phi) is 6.98. The summed E-state index contributed by atoms with van der Waals surface area (Å²) >= 11 is 0. The smallest absolute Gasteiger partial charge is 0.242 e. The first kappa shape index (κ1) is 20.6. The van der Waals surface area contributed by atoms with Gasteiger partial charge in [-0.1, -0.05) is 72.8 Å². The number of carbonyl (C=O) groups is 2. The van der Waals surface area contributed by atoms with E-state index in [0.29, 0.717) is 12.8 Å². The topological polar surface area (TPSA) is 70.2 Å². The van der Waals surface area contributed by atoms with Gasteiger partial charge in [-0.05, 0) is 35.4 Å². The molecular weight excluding hydrogens is 362 g/mol. The third-order valence-electron chi connectivity index (χ3n) is 5.08. The van der Waals surface area contributed by atoms with Crippen LogP contribution in [0.1, 0.15) is 11.1 Å². The maximum absolute atomic E-state index is 12.9. The Balaban J connectivity index is 1.71. The molecule has 2 amide bonds. The van der Waals surface area contributed by atoms with Crippen molar-refractivity contribution in [2.24, 2.45) is 0 Å². The number of rotatable bonds is 8. The molecule has 1 unspecified atom stereocenters. The largest absolute Gasteiger partial charge is 0.357 e. The van der Waals surface area contributed by atoms with E-state index in [2.05, 4.69) is 40.2 Å². The summed E-state index contributed by atoms with van der Waals surface area (Å²) in [4.78, 5) is 25.2. The number of likely N-dealkylation sites (N-methyl/N-ethyl adjacent to an activating group) is 2. The first-order chi connectivity index (χ1) is 14.1. The van der Waals surface area contributed by atoms with Crippen molar-refractivity contribution in [2.75, 3.05) is 14.1 Å². The van der Waals surface area contributed by atoms with Gasteiger partial charge in [-0.2, -0.15) is 0 Å². The van der Waals surface area contributed by atoms with Crippen LogP contribution in [0.2, 0.25) is 0 Å². The van der Waals surface area contributed by atoms with Crippen molar-refractivity contribution in [3.63, 3.8) is 0 Å². The minimum atomic E-state index is -0.623. The Morgan fingerprint density at radius 2 is 1.38 bits per heavy atom. The molecule has 5 nitrogen and oxygen atoms in total. The molecule has 0 fully saturated rings. The van der Waals surface area contributed by atoms with E-state index < -0.39 is 12.1 Å². The van der Waals surface area contributed by atoms with Gasteiger partial charge in [-0.3, -0.25) is 9.59 Å². The zero-order valence-corrected chi connectivity index (χ0v) is 16.8. The molecule has 150 valence electrons. The van der Waals surface area contributed by atoms with Crippen molar-refractivity contribution < 1.29 is 9.59 Å². The monoisotopic (exact) mass is 389 g/mol. The molecule has 3 aromatic rings. The van der Waals surface area contributed by atoms with Gasteiger partial charge in [-0.15, -0.1) is 0 Å². The summed E-state index contributed by atoms with van der Waals surface area (Å²) in [6.45, 7) is 0. The van der Waals surface area contributed by atoms with Crippen LogP contribution in [0.3, 0.4) is 0 Å². The van der Waals surface area contributed by atoms with Gasteiger partial charge in [0, 0.05) is 13.5 Å². The highest BCUT2D eigenvalue weighted by Gasteiger charge is 2.24. The lowest BCUT2D eigenvalue weighted by molar-refractivity contribution is -0.129. The Labute approximate surface area is 171 Å². The molecule has 3 N–H and O–H groups in total. The van der Waals surface area contributed by atoms with Crippen molar-refractivity contribution in [1.82, 2.24) is 16.0 Å². The quantitative estimate of drug-likeness (QED) is 0.554. The SMILES string of the molecule is CNC(=O)[C@@H](Cc1ccccc1)NC(=O)C(Cc1ccc2ccccc2c1)NC. The molecule has 0 bridgehead atoms. The van der Waals surface area contributed by atoms with Crippen LogP contribution in [0.15, 0.2) is 72.8 Å². The van der Waals surface area contributed by atoms with Gasteiger partial charge in [0.15, 0.2) is 0 Å². The van der Waals surface area contributed by atoms with Gasteiger partial charge in [0.2, 0.25) is 11.8 Å². The summed E-state index contributed by atoms with van der Waals surface area (Å²) in [5.41, 5.74) is 2.06. The van der Waals surface area contributed by atoms with Gasteiger partial charge in [-0.25, -0.2) is 0 Å². The molecule has 2 atom stereocenters. The van der Waals surface area contributed by atoms with Crippen LogP contribution in [0, 0.1) is 0 Å². The number of benzene rings is 3. The molecule has 0 spiro atoms. The van der Waals surface area contributed by atoms with Crippen LogP contribution < -0.4 is 16.0 Å². The molecular formula is C24H27N3O2. The third-order valence-corrected chi connectivity index (χ3v) is 5.08. The molecule has 3 rings (SSSR count). The lowest BCUT2D eigenvalue weighted by Gasteiger charge is -2.22. The lowest BCUT2D eigenvalue weighted by atomic mass is 10.0. The van der Waals surface area contributed by atoms with E-state index in [9.17, 15) is 9.59 Å². The molecule has 0 aliphatic heterocycles. The molecule has 0 saturated carbocycles. The maximum atomic E-state index is 12.9. The number of carbonyl (C=O) groups excluding carboxylic acids is 2. The van der Waals surface area contributed by atoms with E-state index in [1.807, 2.05) is 48.5 Å².